The van der Waals surface area contributed by atoms with E-state index < -0.39 is 0 Å². The second-order valence-corrected chi connectivity index (χ2v) is 4.72. The maximum atomic E-state index is 6.04. The molecular formula is C16H21N3. The van der Waals surface area contributed by atoms with Gasteiger partial charge in [-0.05, 0) is 29.2 Å². The number of rotatable bonds is 5. The molecule has 100 valence electrons. The van der Waals surface area contributed by atoms with Crippen molar-refractivity contribution in [3.63, 3.8) is 0 Å². The minimum atomic E-state index is -0.0713. The van der Waals surface area contributed by atoms with Gasteiger partial charge in [-0.2, -0.15) is 0 Å². The highest BCUT2D eigenvalue weighted by atomic mass is 15.2. The largest absolute Gasteiger partial charge is 0.398 e. The van der Waals surface area contributed by atoms with Gasteiger partial charge in [-0.3, -0.25) is 5.84 Å². The Balaban J connectivity index is 2.37. The van der Waals surface area contributed by atoms with Gasteiger partial charge in [0.2, 0.25) is 0 Å². The Morgan fingerprint density at radius 2 is 1.89 bits per heavy atom. The predicted molar refractivity (Wildman–Crippen MR) is 80.5 cm³/mol. The lowest BCUT2D eigenvalue weighted by atomic mass is 9.95. The van der Waals surface area contributed by atoms with E-state index in [0.717, 1.165) is 29.7 Å². The van der Waals surface area contributed by atoms with Gasteiger partial charge in [-0.25, -0.2) is 5.43 Å². The Kier molecular flexibility index (Phi) is 4.55. The predicted octanol–water partition coefficient (Wildman–Crippen LogP) is 2.77. The van der Waals surface area contributed by atoms with E-state index in [-0.39, 0.29) is 6.04 Å². The third kappa shape index (κ3) is 3.13. The average molecular weight is 255 g/mol. The molecule has 0 aliphatic rings. The summed E-state index contributed by atoms with van der Waals surface area (Å²) in [7, 11) is 0. The summed E-state index contributed by atoms with van der Waals surface area (Å²) in [5, 5.41) is 0. The SMILES string of the molecule is CCCc1cccc(C(NN)c2ccccc2N)c1. The first kappa shape index (κ1) is 13.6. The lowest BCUT2D eigenvalue weighted by molar-refractivity contribution is 0.637. The zero-order valence-corrected chi connectivity index (χ0v) is 11.3. The van der Waals surface area contributed by atoms with Gasteiger partial charge in [0.15, 0.2) is 0 Å². The van der Waals surface area contributed by atoms with E-state index in [9.17, 15) is 0 Å². The van der Waals surface area contributed by atoms with Crippen molar-refractivity contribution in [2.75, 3.05) is 5.73 Å². The molecule has 2 aromatic rings. The average Bonchev–Trinajstić information content (AvgIpc) is 2.43. The number of nitrogens with two attached hydrogens (primary N) is 2. The molecule has 2 aromatic carbocycles. The molecule has 2 rings (SSSR count). The van der Waals surface area contributed by atoms with E-state index in [1.54, 1.807) is 0 Å². The van der Waals surface area contributed by atoms with Gasteiger partial charge in [0.25, 0.3) is 0 Å². The molecule has 0 bridgehead atoms. The van der Waals surface area contributed by atoms with E-state index in [4.69, 9.17) is 11.6 Å². The number of nitrogens with one attached hydrogen (secondary N) is 1. The van der Waals surface area contributed by atoms with Gasteiger partial charge in [0.1, 0.15) is 0 Å². The van der Waals surface area contributed by atoms with Crippen molar-refractivity contribution < 1.29 is 0 Å². The van der Waals surface area contributed by atoms with E-state index in [2.05, 4.69) is 36.6 Å². The van der Waals surface area contributed by atoms with Gasteiger partial charge < -0.3 is 5.73 Å². The summed E-state index contributed by atoms with van der Waals surface area (Å²) in [5.74, 6) is 5.72. The number of hydrogen-bond acceptors (Lipinski definition) is 3. The molecule has 5 N–H and O–H groups in total. The lowest BCUT2D eigenvalue weighted by Gasteiger charge is -2.19. The molecule has 0 saturated carbocycles. The summed E-state index contributed by atoms with van der Waals surface area (Å²) in [6.45, 7) is 2.18. The van der Waals surface area contributed by atoms with Crippen molar-refractivity contribution in [1.29, 1.82) is 0 Å². The number of anilines is 1. The van der Waals surface area contributed by atoms with Crippen LogP contribution in [0.15, 0.2) is 48.5 Å². The van der Waals surface area contributed by atoms with Gasteiger partial charge in [-0.1, -0.05) is 55.8 Å². The Hall–Kier alpha value is -1.84. The number of aryl methyl sites for hydroxylation is 1. The summed E-state index contributed by atoms with van der Waals surface area (Å²) < 4.78 is 0. The number of benzene rings is 2. The summed E-state index contributed by atoms with van der Waals surface area (Å²) in [6, 6.07) is 16.2. The summed E-state index contributed by atoms with van der Waals surface area (Å²) in [5.41, 5.74) is 13.1. The van der Waals surface area contributed by atoms with Crippen LogP contribution < -0.4 is 17.0 Å². The minimum absolute atomic E-state index is 0.0713. The van der Waals surface area contributed by atoms with Crippen molar-refractivity contribution in [2.24, 2.45) is 5.84 Å². The number of hydrazine groups is 1. The standard InChI is InChI=1S/C16H21N3/c1-2-6-12-7-5-8-13(11-12)16(19-18)14-9-3-4-10-15(14)17/h3-5,7-11,16,19H,2,6,17-18H2,1H3. The van der Waals surface area contributed by atoms with E-state index in [1.807, 2.05) is 24.3 Å². The van der Waals surface area contributed by atoms with Crippen LogP contribution in [0, 0.1) is 0 Å². The van der Waals surface area contributed by atoms with Crippen LogP contribution >= 0.6 is 0 Å². The van der Waals surface area contributed by atoms with Crippen molar-refractivity contribution >= 4 is 5.69 Å². The van der Waals surface area contributed by atoms with Crippen LogP contribution in [0.3, 0.4) is 0 Å². The second-order valence-electron chi connectivity index (χ2n) is 4.72. The highest BCUT2D eigenvalue weighted by molar-refractivity contribution is 5.51. The smallest absolute Gasteiger partial charge is 0.0730 e. The first-order valence-corrected chi connectivity index (χ1v) is 6.65. The van der Waals surface area contributed by atoms with Crippen molar-refractivity contribution in [1.82, 2.24) is 5.43 Å². The fraction of sp³-hybridized carbons (Fsp3) is 0.250. The fourth-order valence-electron chi connectivity index (χ4n) is 2.36. The number of nitrogen functional groups attached to an aromatic ring is 1. The summed E-state index contributed by atoms with van der Waals surface area (Å²) in [6.07, 6.45) is 2.22. The molecule has 1 atom stereocenters. The van der Waals surface area contributed by atoms with Crippen LogP contribution in [0.1, 0.15) is 36.1 Å². The zero-order chi connectivity index (χ0) is 13.7. The maximum absolute atomic E-state index is 6.04. The first-order chi connectivity index (χ1) is 9.26. The molecule has 0 heterocycles. The van der Waals surface area contributed by atoms with Crippen LogP contribution in [0.5, 0.6) is 0 Å². The van der Waals surface area contributed by atoms with E-state index in [1.165, 1.54) is 5.56 Å². The Morgan fingerprint density at radius 3 is 2.58 bits per heavy atom. The van der Waals surface area contributed by atoms with Crippen LogP contribution in [0.4, 0.5) is 5.69 Å². The monoisotopic (exact) mass is 255 g/mol. The number of hydrogen-bond donors (Lipinski definition) is 3. The molecule has 0 saturated heterocycles. The Morgan fingerprint density at radius 1 is 1.11 bits per heavy atom. The third-order valence-corrected chi connectivity index (χ3v) is 3.30. The van der Waals surface area contributed by atoms with Gasteiger partial charge in [0, 0.05) is 5.69 Å². The Bertz CT molecular complexity index is 537. The van der Waals surface area contributed by atoms with Gasteiger partial charge in [-0.15, -0.1) is 0 Å². The van der Waals surface area contributed by atoms with Crippen LogP contribution in [0.25, 0.3) is 0 Å². The molecule has 0 aliphatic carbocycles. The molecule has 0 aliphatic heterocycles. The van der Waals surface area contributed by atoms with E-state index >= 15 is 0 Å². The molecule has 0 amide bonds. The zero-order valence-electron chi connectivity index (χ0n) is 11.3. The highest BCUT2D eigenvalue weighted by Gasteiger charge is 2.14. The minimum Gasteiger partial charge on any atom is -0.398 e. The highest BCUT2D eigenvalue weighted by Crippen LogP contribution is 2.26. The maximum Gasteiger partial charge on any atom is 0.0730 e. The number of para-hydroxylation sites is 1. The van der Waals surface area contributed by atoms with Gasteiger partial charge >= 0.3 is 0 Å². The molecular weight excluding hydrogens is 234 g/mol. The summed E-state index contributed by atoms with van der Waals surface area (Å²) >= 11 is 0. The van der Waals surface area contributed by atoms with Crippen molar-refractivity contribution in [2.45, 2.75) is 25.8 Å². The molecule has 3 nitrogen and oxygen atoms in total. The molecule has 1 unspecified atom stereocenters. The lowest BCUT2D eigenvalue weighted by Crippen LogP contribution is -2.29. The molecule has 0 fully saturated rings. The third-order valence-electron chi connectivity index (χ3n) is 3.30. The topological polar surface area (TPSA) is 64.1 Å². The molecule has 3 heteroatoms. The van der Waals surface area contributed by atoms with Crippen molar-refractivity contribution in [3.05, 3.63) is 65.2 Å². The quantitative estimate of drug-likeness (QED) is 0.437. The Labute approximate surface area is 114 Å². The first-order valence-electron chi connectivity index (χ1n) is 6.65. The second kappa shape index (κ2) is 6.36. The van der Waals surface area contributed by atoms with Crippen LogP contribution in [-0.4, -0.2) is 0 Å². The molecule has 19 heavy (non-hydrogen) atoms. The fourth-order valence-corrected chi connectivity index (χ4v) is 2.36. The van der Waals surface area contributed by atoms with Gasteiger partial charge in [0.05, 0.1) is 6.04 Å². The molecule has 0 radical (unpaired) electrons. The van der Waals surface area contributed by atoms with E-state index in [0.29, 0.717) is 0 Å². The van der Waals surface area contributed by atoms with Crippen LogP contribution in [0.2, 0.25) is 0 Å². The molecule has 0 spiro atoms. The molecule has 0 aromatic heterocycles. The van der Waals surface area contributed by atoms with Crippen LogP contribution in [-0.2, 0) is 6.42 Å². The summed E-state index contributed by atoms with van der Waals surface area (Å²) in [4.78, 5) is 0. The normalized spacial score (nSPS) is 12.3. The van der Waals surface area contributed by atoms with Crippen molar-refractivity contribution in [3.8, 4) is 0 Å².